The molecule has 1 aliphatic rings. The minimum atomic E-state index is -3.94. The number of nitrogens with zero attached hydrogens (tertiary/aromatic N) is 2. The summed E-state index contributed by atoms with van der Waals surface area (Å²) in [5, 5.41) is 6.31. The van der Waals surface area contributed by atoms with Crippen molar-refractivity contribution in [3.63, 3.8) is 0 Å². The van der Waals surface area contributed by atoms with Crippen LogP contribution in [0.3, 0.4) is 0 Å². The third-order valence-electron chi connectivity index (χ3n) is 7.06. The maximum absolute atomic E-state index is 13.2. The minimum absolute atomic E-state index is 0.0551. The molecule has 3 aromatic carbocycles. The summed E-state index contributed by atoms with van der Waals surface area (Å²) in [5.41, 5.74) is 1.32. The van der Waals surface area contributed by atoms with Crippen molar-refractivity contribution in [1.82, 2.24) is 15.2 Å². The topological polar surface area (TPSA) is 118 Å². The number of fused-ring (bicyclic) bond motifs is 2. The van der Waals surface area contributed by atoms with Crippen molar-refractivity contribution in [3.05, 3.63) is 88.9 Å². The van der Waals surface area contributed by atoms with Gasteiger partial charge in [0.05, 0.1) is 34.2 Å². The Hall–Kier alpha value is -4.06. The SMILES string of the molecule is CCN(CC)CCCOc1ccc(-c2ncc(CNC(=O)c3ccc4c(c3)NC(=O)c3ccccc3S4(=O)=O)s2)cc1. The predicted octanol–water partition coefficient (Wildman–Crippen LogP) is 5.25. The van der Waals surface area contributed by atoms with Crippen molar-refractivity contribution in [2.45, 2.75) is 36.6 Å². The van der Waals surface area contributed by atoms with E-state index in [0.717, 1.165) is 47.3 Å². The Kier molecular flexibility index (Phi) is 9.00. The maximum atomic E-state index is 13.2. The first-order valence-electron chi connectivity index (χ1n) is 13.8. The molecule has 5 rings (SSSR count). The van der Waals surface area contributed by atoms with E-state index >= 15 is 0 Å². The van der Waals surface area contributed by atoms with Gasteiger partial charge in [0.2, 0.25) is 9.84 Å². The summed E-state index contributed by atoms with van der Waals surface area (Å²) in [7, 11) is -3.94. The molecule has 2 heterocycles. The first-order valence-corrected chi connectivity index (χ1v) is 16.1. The van der Waals surface area contributed by atoms with Crippen LogP contribution in [0.4, 0.5) is 5.69 Å². The van der Waals surface area contributed by atoms with Crippen LogP contribution >= 0.6 is 11.3 Å². The van der Waals surface area contributed by atoms with Crippen molar-refractivity contribution < 1.29 is 22.7 Å². The Labute approximate surface area is 249 Å². The summed E-state index contributed by atoms with van der Waals surface area (Å²) in [6, 6.07) is 18.0. The summed E-state index contributed by atoms with van der Waals surface area (Å²) in [5.74, 6) is -0.128. The first kappa shape index (κ1) is 29.4. The summed E-state index contributed by atoms with van der Waals surface area (Å²) < 4.78 is 32.2. The van der Waals surface area contributed by atoms with Gasteiger partial charge in [-0.15, -0.1) is 11.3 Å². The van der Waals surface area contributed by atoms with E-state index in [-0.39, 0.29) is 33.2 Å². The maximum Gasteiger partial charge on any atom is 0.257 e. The van der Waals surface area contributed by atoms with E-state index in [1.54, 1.807) is 18.3 Å². The van der Waals surface area contributed by atoms with E-state index in [0.29, 0.717) is 6.61 Å². The lowest BCUT2D eigenvalue weighted by Gasteiger charge is -2.17. The number of rotatable bonds is 11. The minimum Gasteiger partial charge on any atom is -0.494 e. The number of amides is 2. The highest BCUT2D eigenvalue weighted by molar-refractivity contribution is 7.91. The molecule has 0 fully saturated rings. The largest absolute Gasteiger partial charge is 0.494 e. The van der Waals surface area contributed by atoms with Gasteiger partial charge in [0, 0.05) is 28.7 Å². The van der Waals surface area contributed by atoms with Gasteiger partial charge < -0.3 is 20.3 Å². The van der Waals surface area contributed by atoms with E-state index in [9.17, 15) is 18.0 Å². The zero-order valence-corrected chi connectivity index (χ0v) is 25.1. The van der Waals surface area contributed by atoms with Gasteiger partial charge in [0.25, 0.3) is 11.8 Å². The number of benzene rings is 3. The van der Waals surface area contributed by atoms with Gasteiger partial charge in [-0.05, 0) is 74.1 Å². The predicted molar refractivity (Wildman–Crippen MR) is 163 cm³/mol. The number of thiazole rings is 1. The fourth-order valence-electron chi connectivity index (χ4n) is 4.70. The molecule has 4 aromatic rings. The van der Waals surface area contributed by atoms with Crippen LogP contribution in [-0.4, -0.2) is 56.4 Å². The second-order valence-electron chi connectivity index (χ2n) is 9.73. The molecule has 0 bridgehead atoms. The van der Waals surface area contributed by atoms with Gasteiger partial charge in [0.15, 0.2) is 0 Å². The fraction of sp³-hybridized carbons (Fsp3) is 0.258. The van der Waals surface area contributed by atoms with Crippen LogP contribution in [0.25, 0.3) is 10.6 Å². The van der Waals surface area contributed by atoms with E-state index in [4.69, 9.17) is 4.74 Å². The van der Waals surface area contributed by atoms with Gasteiger partial charge in [-0.2, -0.15) is 0 Å². The molecule has 2 N–H and O–H groups in total. The zero-order chi connectivity index (χ0) is 29.7. The number of nitrogens with one attached hydrogen (secondary N) is 2. The quantitative estimate of drug-likeness (QED) is 0.225. The van der Waals surface area contributed by atoms with Gasteiger partial charge in [-0.3, -0.25) is 9.59 Å². The lowest BCUT2D eigenvalue weighted by atomic mass is 10.1. The molecule has 0 unspecified atom stereocenters. The number of anilines is 1. The zero-order valence-electron chi connectivity index (χ0n) is 23.4. The molecule has 1 aromatic heterocycles. The molecule has 0 atom stereocenters. The number of ether oxygens (including phenoxy) is 1. The molecule has 9 nitrogen and oxygen atoms in total. The van der Waals surface area contributed by atoms with Crippen molar-refractivity contribution >= 4 is 38.7 Å². The van der Waals surface area contributed by atoms with Crippen LogP contribution in [-0.2, 0) is 16.4 Å². The third-order valence-corrected chi connectivity index (χ3v) is 9.98. The molecule has 1 aliphatic heterocycles. The summed E-state index contributed by atoms with van der Waals surface area (Å²) >= 11 is 1.47. The number of carbonyl (C=O) groups excluding carboxylic acids is 2. The molecule has 218 valence electrons. The number of hydrogen-bond acceptors (Lipinski definition) is 8. The Bertz CT molecular complexity index is 1700. The molecule has 0 spiro atoms. The van der Waals surface area contributed by atoms with Crippen molar-refractivity contribution in [1.29, 1.82) is 0 Å². The van der Waals surface area contributed by atoms with E-state index < -0.39 is 21.7 Å². The average molecular weight is 605 g/mol. The molecule has 0 saturated carbocycles. The van der Waals surface area contributed by atoms with Crippen molar-refractivity contribution in [3.8, 4) is 16.3 Å². The van der Waals surface area contributed by atoms with Gasteiger partial charge >= 0.3 is 0 Å². The number of sulfone groups is 1. The Morgan fingerprint density at radius 3 is 2.55 bits per heavy atom. The lowest BCUT2D eigenvalue weighted by molar-refractivity contribution is 0.0949. The second kappa shape index (κ2) is 12.8. The van der Waals surface area contributed by atoms with Gasteiger partial charge in [0.1, 0.15) is 10.8 Å². The van der Waals surface area contributed by atoms with E-state index in [1.165, 1.54) is 41.7 Å². The molecule has 42 heavy (non-hydrogen) atoms. The summed E-state index contributed by atoms with van der Waals surface area (Å²) in [6.45, 7) is 8.33. The van der Waals surface area contributed by atoms with Crippen LogP contribution in [0.5, 0.6) is 5.75 Å². The van der Waals surface area contributed by atoms with E-state index in [2.05, 4.69) is 34.4 Å². The van der Waals surface area contributed by atoms with Crippen LogP contribution in [0.1, 0.15) is 45.9 Å². The monoisotopic (exact) mass is 604 g/mol. The standard InChI is InChI=1S/C31H32N4O5S2/c1-3-35(4-2)16-7-17-40-23-13-10-21(11-14-23)31-33-20-24(41-31)19-32-29(36)22-12-15-28-26(18-22)34-30(37)25-8-5-6-9-27(25)42(28,38)39/h5-6,8-15,18,20H,3-4,7,16-17,19H2,1-2H3,(H,32,36)(H,34,37). The fourth-order valence-corrected chi connectivity index (χ4v) is 7.15. The smallest absolute Gasteiger partial charge is 0.257 e. The molecule has 0 radical (unpaired) electrons. The normalized spacial score (nSPS) is 13.5. The summed E-state index contributed by atoms with van der Waals surface area (Å²) in [6.07, 6.45) is 2.69. The molecule has 11 heteroatoms. The summed E-state index contributed by atoms with van der Waals surface area (Å²) in [4.78, 5) is 33.2. The third kappa shape index (κ3) is 6.38. The highest BCUT2D eigenvalue weighted by Crippen LogP contribution is 2.34. The Morgan fingerprint density at radius 1 is 1.02 bits per heavy atom. The first-order chi connectivity index (χ1) is 20.3. The van der Waals surface area contributed by atoms with Crippen LogP contribution in [0, 0.1) is 0 Å². The molecular formula is C31H32N4O5S2. The second-order valence-corrected chi connectivity index (χ2v) is 12.7. The highest BCUT2D eigenvalue weighted by atomic mass is 32.2. The van der Waals surface area contributed by atoms with Crippen LogP contribution < -0.4 is 15.4 Å². The molecule has 0 saturated heterocycles. The van der Waals surface area contributed by atoms with Crippen molar-refractivity contribution in [2.75, 3.05) is 31.6 Å². The number of hydrogen-bond donors (Lipinski definition) is 2. The number of aromatic nitrogens is 1. The van der Waals surface area contributed by atoms with Crippen molar-refractivity contribution in [2.24, 2.45) is 0 Å². The van der Waals surface area contributed by atoms with Gasteiger partial charge in [-0.25, -0.2) is 13.4 Å². The molecular weight excluding hydrogens is 572 g/mol. The highest BCUT2D eigenvalue weighted by Gasteiger charge is 2.31. The number of carbonyl (C=O) groups is 2. The van der Waals surface area contributed by atoms with Gasteiger partial charge in [-0.1, -0.05) is 26.0 Å². The Balaban J connectivity index is 1.19. The van der Waals surface area contributed by atoms with Crippen LogP contribution in [0.15, 0.2) is 82.7 Å². The Morgan fingerprint density at radius 2 is 1.79 bits per heavy atom. The lowest BCUT2D eigenvalue weighted by Crippen LogP contribution is -2.25. The average Bonchev–Trinajstić information content (AvgIpc) is 3.46. The van der Waals surface area contributed by atoms with E-state index in [1.807, 2.05) is 24.3 Å². The molecule has 0 aliphatic carbocycles. The van der Waals surface area contributed by atoms with Crippen LogP contribution in [0.2, 0.25) is 0 Å². The molecule has 2 amide bonds.